The Morgan fingerprint density at radius 2 is 1.54 bits per heavy atom. The van der Waals surface area contributed by atoms with Crippen LogP contribution < -0.4 is 4.90 Å². The molecular weight excluding hydrogens is 347 g/mol. The fourth-order valence-corrected chi connectivity index (χ4v) is 3.57. The first-order valence-corrected chi connectivity index (χ1v) is 8.54. The summed E-state index contributed by atoms with van der Waals surface area (Å²) in [4.78, 5) is 15.5. The van der Waals surface area contributed by atoms with Gasteiger partial charge >= 0.3 is 5.97 Å². The Morgan fingerprint density at radius 1 is 0.958 bits per heavy atom. The van der Waals surface area contributed by atoms with Gasteiger partial charge in [0.15, 0.2) is 0 Å². The summed E-state index contributed by atoms with van der Waals surface area (Å²) in [5.41, 5.74) is 2.34. The maximum absolute atomic E-state index is 10.9. The van der Waals surface area contributed by atoms with Crippen LogP contribution in [0.25, 0.3) is 0 Å². The van der Waals surface area contributed by atoms with Crippen molar-refractivity contribution in [2.24, 2.45) is 0 Å². The number of benzene rings is 2. The molecule has 1 aliphatic rings. The molecule has 0 spiro atoms. The van der Waals surface area contributed by atoms with Gasteiger partial charge in [0.05, 0.1) is 21.3 Å². The lowest BCUT2D eigenvalue weighted by atomic mass is 10.1. The quantitative estimate of drug-likeness (QED) is 0.889. The molecule has 3 rings (SSSR count). The van der Waals surface area contributed by atoms with E-state index in [0.29, 0.717) is 15.6 Å². The molecule has 0 radical (unpaired) electrons. The number of rotatable bonds is 4. The van der Waals surface area contributed by atoms with Crippen molar-refractivity contribution in [1.29, 1.82) is 0 Å². The third kappa shape index (κ3) is 3.83. The van der Waals surface area contributed by atoms with Crippen molar-refractivity contribution in [3.05, 3.63) is 63.6 Å². The molecule has 126 valence electrons. The molecule has 1 aliphatic heterocycles. The number of halogens is 2. The van der Waals surface area contributed by atoms with E-state index < -0.39 is 5.97 Å². The fourth-order valence-electron chi connectivity index (χ4n) is 2.93. The monoisotopic (exact) mass is 364 g/mol. The van der Waals surface area contributed by atoms with Gasteiger partial charge in [0.2, 0.25) is 0 Å². The largest absolute Gasteiger partial charge is 0.478 e. The highest BCUT2D eigenvalue weighted by molar-refractivity contribution is 6.39. The summed E-state index contributed by atoms with van der Waals surface area (Å²) in [5.74, 6) is -0.896. The molecule has 0 atom stereocenters. The summed E-state index contributed by atoms with van der Waals surface area (Å²) in [6.45, 7) is 4.34. The van der Waals surface area contributed by atoms with Crippen LogP contribution in [0.1, 0.15) is 15.9 Å². The van der Waals surface area contributed by atoms with E-state index in [9.17, 15) is 4.79 Å². The van der Waals surface area contributed by atoms with Gasteiger partial charge in [-0.1, -0.05) is 41.4 Å². The predicted octanol–water partition coefficient (Wildman–Crippen LogP) is 4.01. The third-order valence-electron chi connectivity index (χ3n) is 4.23. The lowest BCUT2D eigenvalue weighted by Crippen LogP contribution is -2.46. The van der Waals surface area contributed by atoms with Crippen molar-refractivity contribution in [3.8, 4) is 0 Å². The summed E-state index contributed by atoms with van der Waals surface area (Å²) in [6, 6.07) is 12.6. The number of carbonyl (C=O) groups is 1. The highest BCUT2D eigenvalue weighted by atomic mass is 35.5. The number of carboxylic acids is 1. The van der Waals surface area contributed by atoms with Crippen LogP contribution in [-0.4, -0.2) is 42.2 Å². The topological polar surface area (TPSA) is 43.8 Å². The number of hydrogen-bond acceptors (Lipinski definition) is 3. The summed E-state index contributed by atoms with van der Waals surface area (Å²) in [5, 5.41) is 10.3. The van der Waals surface area contributed by atoms with E-state index in [1.165, 1.54) is 0 Å². The highest BCUT2D eigenvalue weighted by Gasteiger charge is 2.20. The van der Waals surface area contributed by atoms with Crippen LogP contribution in [0.4, 0.5) is 5.69 Å². The second-order valence-electron chi connectivity index (χ2n) is 5.84. The van der Waals surface area contributed by atoms with E-state index in [0.717, 1.165) is 44.0 Å². The molecule has 2 aromatic rings. The van der Waals surface area contributed by atoms with Crippen LogP contribution in [0, 0.1) is 0 Å². The molecule has 0 aliphatic carbocycles. The lowest BCUT2D eigenvalue weighted by Gasteiger charge is -2.36. The Balaban J connectivity index is 1.60. The van der Waals surface area contributed by atoms with Gasteiger partial charge in [0.25, 0.3) is 0 Å². The number of para-hydroxylation sites is 1. The first-order valence-electron chi connectivity index (χ1n) is 7.78. The number of anilines is 1. The summed E-state index contributed by atoms with van der Waals surface area (Å²) >= 11 is 12.6. The minimum atomic E-state index is -0.896. The fraction of sp³-hybridized carbons (Fsp3) is 0.278. The molecule has 4 nitrogen and oxygen atoms in total. The first kappa shape index (κ1) is 17.1. The molecule has 1 heterocycles. The zero-order valence-corrected chi connectivity index (χ0v) is 14.6. The smallest absolute Gasteiger partial charge is 0.335 e. The van der Waals surface area contributed by atoms with Gasteiger partial charge in [-0.05, 0) is 29.8 Å². The van der Waals surface area contributed by atoms with Gasteiger partial charge in [0.1, 0.15) is 0 Å². The summed E-state index contributed by atoms with van der Waals surface area (Å²) in [6.07, 6.45) is 0. The third-order valence-corrected chi connectivity index (χ3v) is 4.84. The number of hydrogen-bond donors (Lipinski definition) is 1. The maximum Gasteiger partial charge on any atom is 0.335 e. The van der Waals surface area contributed by atoms with Gasteiger partial charge in [-0.2, -0.15) is 0 Å². The van der Waals surface area contributed by atoms with Crippen LogP contribution in [0.2, 0.25) is 10.0 Å². The Kier molecular flexibility index (Phi) is 5.29. The number of piperazine rings is 1. The van der Waals surface area contributed by atoms with E-state index >= 15 is 0 Å². The average Bonchev–Trinajstić information content (AvgIpc) is 2.57. The van der Waals surface area contributed by atoms with Gasteiger partial charge < -0.3 is 10.0 Å². The molecule has 24 heavy (non-hydrogen) atoms. The molecule has 1 saturated heterocycles. The SMILES string of the molecule is O=C(O)c1ccc(CN2CCN(c3c(Cl)cccc3Cl)CC2)cc1. The summed E-state index contributed by atoms with van der Waals surface area (Å²) in [7, 11) is 0. The number of nitrogens with zero attached hydrogens (tertiary/aromatic N) is 2. The van der Waals surface area contributed by atoms with Crippen molar-refractivity contribution in [3.63, 3.8) is 0 Å². The minimum absolute atomic E-state index is 0.317. The number of aromatic carboxylic acids is 1. The van der Waals surface area contributed by atoms with Gasteiger partial charge in [-0.3, -0.25) is 4.90 Å². The average molecular weight is 365 g/mol. The van der Waals surface area contributed by atoms with Crippen LogP contribution in [0.3, 0.4) is 0 Å². The maximum atomic E-state index is 10.9. The standard InChI is InChI=1S/C18H18Cl2N2O2/c19-15-2-1-3-16(20)17(15)22-10-8-21(9-11-22)12-13-4-6-14(7-5-13)18(23)24/h1-7H,8-12H2,(H,23,24). The van der Waals surface area contributed by atoms with Gasteiger partial charge in [-0.25, -0.2) is 4.79 Å². The molecule has 0 unspecified atom stereocenters. The van der Waals surface area contributed by atoms with E-state index in [4.69, 9.17) is 28.3 Å². The Bertz CT molecular complexity index is 706. The van der Waals surface area contributed by atoms with Crippen LogP contribution in [-0.2, 0) is 6.54 Å². The predicted molar refractivity (Wildman–Crippen MR) is 97.4 cm³/mol. The van der Waals surface area contributed by atoms with Gasteiger partial charge in [0, 0.05) is 32.7 Å². The molecule has 2 aromatic carbocycles. The normalized spacial score (nSPS) is 15.5. The Hall–Kier alpha value is -1.75. The van der Waals surface area contributed by atoms with Crippen molar-refractivity contribution >= 4 is 34.9 Å². The van der Waals surface area contributed by atoms with E-state index in [-0.39, 0.29) is 0 Å². The molecule has 0 amide bonds. The van der Waals surface area contributed by atoms with E-state index in [2.05, 4.69) is 9.80 Å². The molecule has 6 heteroatoms. The minimum Gasteiger partial charge on any atom is -0.478 e. The zero-order chi connectivity index (χ0) is 17.1. The van der Waals surface area contributed by atoms with Crippen molar-refractivity contribution in [2.45, 2.75) is 6.54 Å². The van der Waals surface area contributed by atoms with E-state index in [1.54, 1.807) is 12.1 Å². The lowest BCUT2D eigenvalue weighted by molar-refractivity contribution is 0.0697. The second kappa shape index (κ2) is 7.43. The highest BCUT2D eigenvalue weighted by Crippen LogP contribution is 2.34. The Morgan fingerprint density at radius 3 is 2.08 bits per heavy atom. The molecule has 0 bridgehead atoms. The summed E-state index contributed by atoms with van der Waals surface area (Å²) < 4.78 is 0. The van der Waals surface area contributed by atoms with Crippen LogP contribution in [0.15, 0.2) is 42.5 Å². The first-order chi connectivity index (χ1) is 11.5. The van der Waals surface area contributed by atoms with Crippen LogP contribution in [0.5, 0.6) is 0 Å². The molecule has 1 fully saturated rings. The Labute approximate surface area is 151 Å². The second-order valence-corrected chi connectivity index (χ2v) is 6.65. The van der Waals surface area contributed by atoms with Crippen molar-refractivity contribution < 1.29 is 9.90 Å². The van der Waals surface area contributed by atoms with E-state index in [1.807, 2.05) is 30.3 Å². The molecule has 1 N–H and O–H groups in total. The molecule has 0 saturated carbocycles. The van der Waals surface area contributed by atoms with Crippen LogP contribution >= 0.6 is 23.2 Å². The number of carboxylic acid groups (broad SMARTS) is 1. The van der Waals surface area contributed by atoms with Crippen molar-refractivity contribution in [2.75, 3.05) is 31.1 Å². The van der Waals surface area contributed by atoms with Gasteiger partial charge in [-0.15, -0.1) is 0 Å². The zero-order valence-electron chi connectivity index (χ0n) is 13.1. The van der Waals surface area contributed by atoms with Crippen molar-refractivity contribution in [1.82, 2.24) is 4.90 Å². The molecular formula is C18H18Cl2N2O2. The molecule has 0 aromatic heterocycles.